The maximum Gasteiger partial charge on any atom is 0.159 e. The molecule has 4 aromatic rings. The van der Waals surface area contributed by atoms with E-state index in [9.17, 15) is 4.39 Å². The van der Waals surface area contributed by atoms with E-state index in [1.165, 1.54) is 12.1 Å². The zero-order valence-electron chi connectivity index (χ0n) is 16.6. The van der Waals surface area contributed by atoms with Crippen molar-refractivity contribution in [2.45, 2.75) is 13.2 Å². The molecule has 0 amide bonds. The van der Waals surface area contributed by atoms with Crippen molar-refractivity contribution in [3.05, 3.63) is 120 Å². The van der Waals surface area contributed by atoms with Crippen LogP contribution in [0.3, 0.4) is 0 Å². The van der Waals surface area contributed by atoms with E-state index >= 15 is 0 Å². The molecule has 0 aliphatic carbocycles. The molecule has 0 bridgehead atoms. The molecule has 31 heavy (non-hydrogen) atoms. The summed E-state index contributed by atoms with van der Waals surface area (Å²) < 4.78 is 14.9. The summed E-state index contributed by atoms with van der Waals surface area (Å²) in [5.74, 6) is 5.85. The van der Waals surface area contributed by atoms with Crippen molar-refractivity contribution in [2.75, 3.05) is 0 Å². The van der Waals surface area contributed by atoms with Crippen molar-refractivity contribution < 1.29 is 9.23 Å². The molecule has 0 radical (unpaired) electrons. The van der Waals surface area contributed by atoms with Gasteiger partial charge in [-0.15, -0.1) is 0 Å². The van der Waals surface area contributed by atoms with E-state index in [1.54, 1.807) is 30.9 Å². The van der Waals surface area contributed by atoms with Gasteiger partial charge in [0, 0.05) is 35.3 Å². The fourth-order valence-electron chi connectivity index (χ4n) is 2.81. The minimum Gasteiger partial charge on any atom is -0.389 e. The molecule has 2 aromatic heterocycles. The van der Waals surface area contributed by atoms with Crippen LogP contribution in [0.15, 0.2) is 96.8 Å². The van der Waals surface area contributed by atoms with Gasteiger partial charge in [0.05, 0.1) is 18.6 Å². The van der Waals surface area contributed by atoms with Gasteiger partial charge in [-0.25, -0.2) is 9.37 Å². The summed E-state index contributed by atoms with van der Waals surface area (Å²) in [5, 5.41) is 4.35. The number of oxime groups is 1. The summed E-state index contributed by atoms with van der Waals surface area (Å²) in [6.07, 6.45) is 7.05. The molecule has 0 aliphatic rings. The van der Waals surface area contributed by atoms with Crippen LogP contribution >= 0.6 is 0 Å². The second-order valence-electron chi connectivity index (χ2n) is 6.70. The Hall–Kier alpha value is -4.24. The first-order valence-electron chi connectivity index (χ1n) is 9.69. The van der Waals surface area contributed by atoms with E-state index in [4.69, 9.17) is 4.84 Å². The van der Waals surface area contributed by atoms with Crippen molar-refractivity contribution in [1.29, 1.82) is 0 Å². The zero-order valence-corrected chi connectivity index (χ0v) is 16.6. The molecule has 0 atom stereocenters. The number of halogens is 1. The second kappa shape index (κ2) is 9.99. The van der Waals surface area contributed by atoms with Crippen LogP contribution in [0.4, 0.5) is 4.39 Å². The number of rotatable bonds is 6. The molecular formula is C25H19FN4O. The first-order valence-corrected chi connectivity index (χ1v) is 9.69. The minimum atomic E-state index is -0.273. The summed E-state index contributed by atoms with van der Waals surface area (Å²) in [4.78, 5) is 13.9. The highest BCUT2D eigenvalue weighted by Crippen LogP contribution is 2.09. The Morgan fingerprint density at radius 3 is 2.32 bits per heavy atom. The third kappa shape index (κ3) is 5.87. The highest BCUT2D eigenvalue weighted by Gasteiger charge is 2.07. The van der Waals surface area contributed by atoms with E-state index < -0.39 is 0 Å². The Bertz CT molecular complexity index is 1190. The Morgan fingerprint density at radius 1 is 0.935 bits per heavy atom. The molecule has 2 heterocycles. The van der Waals surface area contributed by atoms with Crippen LogP contribution in [0.5, 0.6) is 0 Å². The largest absolute Gasteiger partial charge is 0.389 e. The van der Waals surface area contributed by atoms with Crippen LogP contribution in [-0.2, 0) is 18.0 Å². The second-order valence-corrected chi connectivity index (χ2v) is 6.70. The highest BCUT2D eigenvalue weighted by molar-refractivity contribution is 6.00. The molecule has 0 aliphatic heterocycles. The number of imidazole rings is 1. The fraction of sp³-hybridized carbons (Fsp3) is 0.0800. The lowest BCUT2D eigenvalue weighted by atomic mass is 10.1. The van der Waals surface area contributed by atoms with Crippen molar-refractivity contribution in [3.8, 4) is 11.8 Å². The molecular weight excluding hydrogens is 391 g/mol. The molecule has 152 valence electrons. The molecule has 4 rings (SSSR count). The molecule has 0 unspecified atom stereocenters. The van der Waals surface area contributed by atoms with Crippen LogP contribution < -0.4 is 0 Å². The Kier molecular flexibility index (Phi) is 6.46. The van der Waals surface area contributed by atoms with Crippen molar-refractivity contribution in [3.63, 3.8) is 0 Å². The van der Waals surface area contributed by atoms with Crippen LogP contribution in [0.1, 0.15) is 22.4 Å². The van der Waals surface area contributed by atoms with Crippen LogP contribution in [0.25, 0.3) is 0 Å². The summed E-state index contributed by atoms with van der Waals surface area (Å²) in [5.41, 5.74) is 4.09. The topological polar surface area (TPSA) is 52.3 Å². The number of hydrogen-bond donors (Lipinski definition) is 0. The molecule has 0 N–H and O–H groups in total. The van der Waals surface area contributed by atoms with Gasteiger partial charge in [0.2, 0.25) is 0 Å². The predicted octanol–water partition coefficient (Wildman–Crippen LogP) is 4.44. The number of pyridine rings is 1. The van der Waals surface area contributed by atoms with E-state index in [0.717, 1.165) is 28.1 Å². The molecule has 0 fully saturated rings. The number of aromatic nitrogens is 3. The van der Waals surface area contributed by atoms with E-state index in [2.05, 4.69) is 27.0 Å². The van der Waals surface area contributed by atoms with Gasteiger partial charge < -0.3 is 9.40 Å². The monoisotopic (exact) mass is 410 g/mol. The van der Waals surface area contributed by atoms with E-state index in [0.29, 0.717) is 6.54 Å². The summed E-state index contributed by atoms with van der Waals surface area (Å²) in [7, 11) is 0. The molecule has 0 saturated carbocycles. The van der Waals surface area contributed by atoms with Crippen molar-refractivity contribution in [2.24, 2.45) is 5.16 Å². The van der Waals surface area contributed by atoms with Gasteiger partial charge in [0.25, 0.3) is 0 Å². The molecule has 6 heteroatoms. The van der Waals surface area contributed by atoms with Gasteiger partial charge in [0.1, 0.15) is 11.5 Å². The average Bonchev–Trinajstić information content (AvgIpc) is 3.32. The van der Waals surface area contributed by atoms with Gasteiger partial charge in [-0.05, 0) is 48.5 Å². The fourth-order valence-corrected chi connectivity index (χ4v) is 2.81. The summed E-state index contributed by atoms with van der Waals surface area (Å²) >= 11 is 0. The van der Waals surface area contributed by atoms with Gasteiger partial charge in [0.15, 0.2) is 6.61 Å². The van der Waals surface area contributed by atoms with Crippen LogP contribution in [-0.4, -0.2) is 20.2 Å². The quantitative estimate of drug-likeness (QED) is 0.268. The Labute approximate surface area is 179 Å². The summed E-state index contributed by atoms with van der Waals surface area (Å²) in [6, 6.07) is 19.5. The minimum absolute atomic E-state index is 0.273. The maximum absolute atomic E-state index is 13.0. The average molecular weight is 410 g/mol. The van der Waals surface area contributed by atoms with E-state index in [-0.39, 0.29) is 12.4 Å². The van der Waals surface area contributed by atoms with Crippen molar-refractivity contribution in [1.82, 2.24) is 14.5 Å². The number of benzene rings is 2. The first kappa shape index (κ1) is 20.0. The van der Waals surface area contributed by atoms with Crippen LogP contribution in [0.2, 0.25) is 0 Å². The van der Waals surface area contributed by atoms with Gasteiger partial charge in [-0.1, -0.05) is 35.2 Å². The lowest BCUT2D eigenvalue weighted by molar-refractivity contribution is 0.127. The first-order chi connectivity index (χ1) is 15.3. The SMILES string of the molecule is Fc1ccc(C#Cc2ccc(/C(Cn3ccnc3)=N/OCc3ccccn3)cc2)cc1. The van der Waals surface area contributed by atoms with Gasteiger partial charge in [-0.3, -0.25) is 4.98 Å². The lowest BCUT2D eigenvalue weighted by Crippen LogP contribution is -2.11. The van der Waals surface area contributed by atoms with Crippen molar-refractivity contribution >= 4 is 5.71 Å². The molecule has 2 aromatic carbocycles. The number of hydrogen-bond acceptors (Lipinski definition) is 4. The van der Waals surface area contributed by atoms with Gasteiger partial charge >= 0.3 is 0 Å². The zero-order chi connectivity index (χ0) is 21.3. The molecule has 5 nitrogen and oxygen atoms in total. The van der Waals surface area contributed by atoms with Crippen LogP contribution in [0, 0.1) is 17.7 Å². The smallest absolute Gasteiger partial charge is 0.159 e. The normalized spacial score (nSPS) is 10.9. The highest BCUT2D eigenvalue weighted by atomic mass is 19.1. The lowest BCUT2D eigenvalue weighted by Gasteiger charge is -2.08. The Morgan fingerprint density at radius 2 is 1.68 bits per heavy atom. The predicted molar refractivity (Wildman–Crippen MR) is 117 cm³/mol. The standard InChI is InChI=1S/C25H19FN4O/c26-23-12-8-21(9-13-23)5-4-20-6-10-22(11-7-20)25(17-30-16-15-27-19-30)29-31-18-24-3-1-2-14-28-24/h1-3,6-16,19H,17-18H2/b29-25+. The Balaban J connectivity index is 1.50. The summed E-state index contributed by atoms with van der Waals surface area (Å²) in [6.45, 7) is 0.804. The van der Waals surface area contributed by atoms with E-state index in [1.807, 2.05) is 53.2 Å². The van der Waals surface area contributed by atoms with Gasteiger partial charge in [-0.2, -0.15) is 0 Å². The third-order valence-electron chi connectivity index (χ3n) is 4.42. The molecule has 0 spiro atoms. The number of nitrogens with zero attached hydrogens (tertiary/aromatic N) is 4. The molecule has 0 saturated heterocycles. The third-order valence-corrected chi connectivity index (χ3v) is 4.42. The maximum atomic E-state index is 13.0.